The molecule has 2 rings (SSSR count). The molecule has 0 aliphatic carbocycles. The van der Waals surface area contributed by atoms with E-state index < -0.39 is 10.0 Å². The smallest absolute Gasteiger partial charge is 0.169 e. The predicted molar refractivity (Wildman–Crippen MR) is 89.0 cm³/mol. The highest BCUT2D eigenvalue weighted by atomic mass is 79.9. The van der Waals surface area contributed by atoms with Crippen molar-refractivity contribution in [3.8, 4) is 0 Å². The minimum absolute atomic E-state index is 0.414. The van der Waals surface area contributed by atoms with Crippen molar-refractivity contribution < 1.29 is 9.53 Å². The van der Waals surface area contributed by atoms with Gasteiger partial charge in [-0.25, -0.2) is 15.0 Å². The molecule has 0 aliphatic rings. The molecule has 0 bridgehead atoms. The minimum atomic E-state index is -0.526. The van der Waals surface area contributed by atoms with Gasteiger partial charge in [0.1, 0.15) is 18.1 Å². The van der Waals surface area contributed by atoms with Crippen LogP contribution in [0.25, 0.3) is 11.0 Å². The van der Waals surface area contributed by atoms with Gasteiger partial charge in [-0.3, -0.25) is 4.79 Å². The van der Waals surface area contributed by atoms with Crippen LogP contribution < -0.4 is 0 Å². The van der Waals surface area contributed by atoms with Gasteiger partial charge < -0.3 is 9.30 Å². The molecule has 6 heteroatoms. The summed E-state index contributed by atoms with van der Waals surface area (Å²) in [6.07, 6.45) is 9.51. The Morgan fingerprint density at radius 1 is 1.45 bits per heavy atom. The largest absolute Gasteiger partial charge is 0.360 e. The molecule has 0 spiro atoms. The average molecular weight is 359 g/mol. The number of nitrogens with zero attached hydrogens (tertiary/aromatic N) is 2. The molecule has 0 amide bonds. The number of halogens is 1. The zero-order valence-corrected chi connectivity index (χ0v) is 14.3. The normalized spacial score (nSPS) is 12.8. The molecule has 0 N–H and O–H groups in total. The maximum atomic E-state index is 10.9. The van der Waals surface area contributed by atoms with E-state index in [0.29, 0.717) is 12.4 Å². The second-order valence-electron chi connectivity index (χ2n) is 5.50. The lowest BCUT2D eigenvalue weighted by molar-refractivity contribution is 0.0923. The molecule has 2 aromatic rings. The lowest BCUT2D eigenvalue weighted by Gasteiger charge is -2.24. The van der Waals surface area contributed by atoms with Gasteiger partial charge in [0.15, 0.2) is 6.29 Å². The van der Waals surface area contributed by atoms with Crippen LogP contribution in [0.3, 0.4) is 0 Å². The van der Waals surface area contributed by atoms with Crippen LogP contribution in [-0.2, 0) is 11.5 Å². The number of ether oxygens (including phenoxy) is 1. The summed E-state index contributed by atoms with van der Waals surface area (Å²) in [4.78, 5) is 15.3. The van der Waals surface area contributed by atoms with Gasteiger partial charge in [0, 0.05) is 21.8 Å². The van der Waals surface area contributed by atoms with Crippen molar-refractivity contribution in [3.63, 3.8) is 0 Å². The van der Waals surface area contributed by atoms with Crippen LogP contribution in [-0.4, -0.2) is 47.0 Å². The van der Waals surface area contributed by atoms with Crippen molar-refractivity contribution in [1.29, 1.82) is 0 Å². The third-order valence-electron chi connectivity index (χ3n) is 2.90. The van der Waals surface area contributed by atoms with E-state index in [1.54, 1.807) is 0 Å². The van der Waals surface area contributed by atoms with Gasteiger partial charge in [-0.2, -0.15) is 0 Å². The predicted octanol–water partition coefficient (Wildman–Crippen LogP) is 3.28. The third-order valence-corrected chi connectivity index (χ3v) is 4.93. The summed E-state index contributed by atoms with van der Waals surface area (Å²) in [6, 6.07) is 3.88. The molecular formula is C14H19BrN2O2S. The number of carbonyl (C=O) groups excluding carboxylic acids is 1. The molecule has 0 aromatic carbocycles. The molecule has 0 saturated heterocycles. The zero-order chi connectivity index (χ0) is 14.8. The summed E-state index contributed by atoms with van der Waals surface area (Å²) in [5.74, 6) is 1.09. The molecule has 0 aliphatic heterocycles. The maximum Gasteiger partial charge on any atom is 0.169 e. The van der Waals surface area contributed by atoms with E-state index in [9.17, 15) is 4.79 Å². The van der Waals surface area contributed by atoms with Crippen LogP contribution in [0, 0.1) is 0 Å². The van der Waals surface area contributed by atoms with Gasteiger partial charge in [-0.05, 0) is 46.8 Å². The summed E-state index contributed by atoms with van der Waals surface area (Å²) in [6.45, 7) is 1.21. The molecule has 0 fully saturated rings. The zero-order valence-electron chi connectivity index (χ0n) is 11.9. The highest BCUT2D eigenvalue weighted by molar-refractivity contribution is 9.10. The van der Waals surface area contributed by atoms with Gasteiger partial charge in [0.2, 0.25) is 0 Å². The van der Waals surface area contributed by atoms with Crippen molar-refractivity contribution in [3.05, 3.63) is 28.5 Å². The third kappa shape index (κ3) is 3.84. The number of hydrogen-bond donors (Lipinski definition) is 0. The standard InChI is InChI=1S/C14H19BrN2O2S/c1-20(2,3)7-6-19-10-17-5-4-11-8-12(15)13(9-18)16-14(11)17/h4-5,8-9H,6-7,10H2,1-3H3. The minimum Gasteiger partial charge on any atom is -0.360 e. The van der Waals surface area contributed by atoms with E-state index in [2.05, 4.69) is 39.7 Å². The Hall–Kier alpha value is -0.850. The van der Waals surface area contributed by atoms with Gasteiger partial charge in [-0.1, -0.05) is 0 Å². The fourth-order valence-electron chi connectivity index (χ4n) is 1.76. The van der Waals surface area contributed by atoms with Crippen LogP contribution >= 0.6 is 26.0 Å². The first kappa shape index (κ1) is 15.5. The van der Waals surface area contributed by atoms with Crippen LogP contribution in [0.5, 0.6) is 0 Å². The van der Waals surface area contributed by atoms with E-state index >= 15 is 0 Å². The Bertz CT molecular complexity index is 619. The Balaban J connectivity index is 2.09. The Morgan fingerprint density at radius 2 is 2.20 bits per heavy atom. The second-order valence-corrected chi connectivity index (χ2v) is 10.9. The van der Waals surface area contributed by atoms with Crippen molar-refractivity contribution in [2.24, 2.45) is 0 Å². The first-order valence-corrected chi connectivity index (χ1v) is 10.1. The summed E-state index contributed by atoms with van der Waals surface area (Å²) in [5.41, 5.74) is 1.19. The van der Waals surface area contributed by atoms with E-state index in [0.717, 1.165) is 34.2 Å². The van der Waals surface area contributed by atoms with E-state index in [1.165, 1.54) is 0 Å². The summed E-state index contributed by atoms with van der Waals surface area (Å²) >= 11 is 3.34. The van der Waals surface area contributed by atoms with Crippen molar-refractivity contribution in [2.75, 3.05) is 31.1 Å². The number of fused-ring (bicyclic) bond motifs is 1. The molecule has 110 valence electrons. The Labute approximate surface area is 129 Å². The molecule has 4 nitrogen and oxygen atoms in total. The molecule has 20 heavy (non-hydrogen) atoms. The number of carbonyl (C=O) groups is 1. The number of aldehydes is 1. The monoisotopic (exact) mass is 358 g/mol. The highest BCUT2D eigenvalue weighted by Gasteiger charge is 2.08. The highest BCUT2D eigenvalue weighted by Crippen LogP contribution is 2.33. The Morgan fingerprint density at radius 3 is 2.85 bits per heavy atom. The van der Waals surface area contributed by atoms with Gasteiger partial charge in [0.05, 0.1) is 6.61 Å². The topological polar surface area (TPSA) is 44.1 Å². The number of rotatable bonds is 6. The van der Waals surface area contributed by atoms with Gasteiger partial charge in [-0.15, -0.1) is 0 Å². The van der Waals surface area contributed by atoms with E-state index in [-0.39, 0.29) is 0 Å². The second kappa shape index (κ2) is 6.28. The van der Waals surface area contributed by atoms with E-state index in [1.807, 2.05) is 22.9 Å². The van der Waals surface area contributed by atoms with Gasteiger partial charge >= 0.3 is 0 Å². The first-order valence-electron chi connectivity index (χ1n) is 6.25. The van der Waals surface area contributed by atoms with E-state index in [4.69, 9.17) is 4.74 Å². The summed E-state index contributed by atoms with van der Waals surface area (Å²) in [5, 5.41) is 0.993. The average Bonchev–Trinajstić information content (AvgIpc) is 2.74. The van der Waals surface area contributed by atoms with Crippen LogP contribution in [0.15, 0.2) is 22.8 Å². The Kier molecular flexibility index (Phi) is 4.88. The summed E-state index contributed by atoms with van der Waals surface area (Å²) < 4.78 is 8.35. The SMILES string of the molecule is CS(C)(C)CCOCn1ccc2cc(Br)c(C=O)nc21. The van der Waals surface area contributed by atoms with Gasteiger partial charge in [0.25, 0.3) is 0 Å². The van der Waals surface area contributed by atoms with Crippen molar-refractivity contribution in [2.45, 2.75) is 6.73 Å². The quantitative estimate of drug-likeness (QED) is 0.587. The van der Waals surface area contributed by atoms with Crippen molar-refractivity contribution >= 4 is 43.3 Å². The molecule has 2 heterocycles. The van der Waals surface area contributed by atoms with Crippen LogP contribution in [0.4, 0.5) is 0 Å². The molecule has 0 saturated carbocycles. The first-order chi connectivity index (χ1) is 9.40. The fourth-order valence-corrected chi connectivity index (χ4v) is 2.81. The fraction of sp³-hybridized carbons (Fsp3) is 0.429. The number of aromatic nitrogens is 2. The molecule has 0 radical (unpaired) electrons. The number of hydrogen-bond acceptors (Lipinski definition) is 3. The lowest BCUT2D eigenvalue weighted by Crippen LogP contribution is -2.10. The van der Waals surface area contributed by atoms with Crippen LogP contribution in [0.1, 0.15) is 10.5 Å². The molecule has 0 unspecified atom stereocenters. The molecule has 0 atom stereocenters. The number of pyridine rings is 1. The lowest BCUT2D eigenvalue weighted by atomic mass is 10.3. The van der Waals surface area contributed by atoms with Crippen molar-refractivity contribution in [1.82, 2.24) is 9.55 Å². The van der Waals surface area contributed by atoms with Crippen LogP contribution in [0.2, 0.25) is 0 Å². The summed E-state index contributed by atoms with van der Waals surface area (Å²) in [7, 11) is -0.526. The molecule has 2 aromatic heterocycles. The molecular weight excluding hydrogens is 340 g/mol. The maximum absolute atomic E-state index is 10.9.